The maximum atomic E-state index is 2.37. The first-order valence-electron chi connectivity index (χ1n) is 13.2. The first kappa shape index (κ1) is 26.2. The van der Waals surface area contributed by atoms with E-state index in [2.05, 4.69) is 139 Å². The Hall–Kier alpha value is -3.84. The van der Waals surface area contributed by atoms with Gasteiger partial charge in [-0.25, -0.2) is 0 Å². The van der Waals surface area contributed by atoms with Gasteiger partial charge in [-0.2, -0.15) is 0 Å². The van der Waals surface area contributed by atoms with Crippen molar-refractivity contribution in [1.29, 1.82) is 0 Å². The summed E-state index contributed by atoms with van der Waals surface area (Å²) in [5.41, 5.74) is 14.9. The minimum atomic E-state index is 0.289. The van der Waals surface area contributed by atoms with Gasteiger partial charge >= 0.3 is 0 Å². The van der Waals surface area contributed by atoms with Crippen molar-refractivity contribution < 1.29 is 0 Å². The summed E-state index contributed by atoms with van der Waals surface area (Å²) in [5.74, 6) is 0. The Morgan fingerprint density at radius 2 is 0.703 bits per heavy atom. The third-order valence-electron chi connectivity index (χ3n) is 7.33. The summed E-state index contributed by atoms with van der Waals surface area (Å²) in [7, 11) is 0. The highest BCUT2D eigenvalue weighted by Crippen LogP contribution is 2.26. The van der Waals surface area contributed by atoms with E-state index in [-0.39, 0.29) is 6.71 Å². The second-order valence-corrected chi connectivity index (χ2v) is 10.1. The number of hydrogen-bond acceptors (Lipinski definition) is 0. The third-order valence-corrected chi connectivity index (χ3v) is 7.33. The molecule has 1 heteroatoms. The van der Waals surface area contributed by atoms with E-state index >= 15 is 0 Å². The van der Waals surface area contributed by atoms with Crippen molar-refractivity contribution in [3.63, 3.8) is 0 Å². The summed E-state index contributed by atoms with van der Waals surface area (Å²) in [6.07, 6.45) is 0. The van der Waals surface area contributed by atoms with E-state index in [1.807, 2.05) is 18.2 Å². The molecular formula is C36H37B. The molecule has 0 heterocycles. The summed E-state index contributed by atoms with van der Waals surface area (Å²) in [5, 5.41) is 0. The maximum absolute atomic E-state index is 2.37. The van der Waals surface area contributed by atoms with Gasteiger partial charge in [0.2, 0.25) is 6.71 Å². The molecule has 0 aromatic heterocycles. The molecule has 0 N–H and O–H groups in total. The Balaban J connectivity index is 0.000000396. The fourth-order valence-electron chi connectivity index (χ4n) is 5.41. The van der Waals surface area contributed by atoms with Crippen molar-refractivity contribution in [2.24, 2.45) is 0 Å². The summed E-state index contributed by atoms with van der Waals surface area (Å²) >= 11 is 0. The summed E-state index contributed by atoms with van der Waals surface area (Å²) in [6, 6.07) is 41.1. The second kappa shape index (κ2) is 11.9. The van der Waals surface area contributed by atoms with Crippen LogP contribution in [0, 0.1) is 34.6 Å². The molecule has 0 nitrogen and oxygen atoms in total. The molecule has 184 valence electrons. The van der Waals surface area contributed by atoms with Crippen LogP contribution in [0.3, 0.4) is 0 Å². The normalized spacial score (nSPS) is 10.4. The predicted octanol–water partition coefficient (Wildman–Crippen LogP) is 8.49. The highest BCUT2D eigenvalue weighted by atomic mass is 14.1. The lowest BCUT2D eigenvalue weighted by Gasteiger charge is -2.23. The molecule has 0 atom stereocenters. The third kappa shape index (κ3) is 5.94. The lowest BCUT2D eigenvalue weighted by atomic mass is 9.39. The molecule has 0 unspecified atom stereocenters. The van der Waals surface area contributed by atoms with Gasteiger partial charge in [0.25, 0.3) is 0 Å². The van der Waals surface area contributed by atoms with Gasteiger partial charge in [-0.05, 0) is 68.0 Å². The smallest absolute Gasteiger partial charge is 0.0773 e. The lowest BCUT2D eigenvalue weighted by Crippen LogP contribution is -2.44. The van der Waals surface area contributed by atoms with E-state index in [1.165, 1.54) is 61.0 Å². The Morgan fingerprint density at radius 3 is 1.08 bits per heavy atom. The van der Waals surface area contributed by atoms with Gasteiger partial charge in [-0.1, -0.05) is 150 Å². The van der Waals surface area contributed by atoms with Crippen LogP contribution in [0.5, 0.6) is 0 Å². The van der Waals surface area contributed by atoms with Gasteiger partial charge in [-0.3, -0.25) is 0 Å². The van der Waals surface area contributed by atoms with E-state index in [1.54, 1.807) is 0 Å². The van der Waals surface area contributed by atoms with Crippen molar-refractivity contribution >= 4 is 17.6 Å². The average molecular weight is 481 g/mol. The zero-order valence-corrected chi connectivity index (χ0v) is 23.0. The number of benzene rings is 5. The molecule has 0 aliphatic carbocycles. The number of rotatable bonds is 4. The zero-order chi connectivity index (χ0) is 26.4. The minimum Gasteiger partial charge on any atom is -0.0773 e. The molecule has 0 aliphatic heterocycles. The van der Waals surface area contributed by atoms with E-state index in [0.717, 1.165) is 0 Å². The van der Waals surface area contributed by atoms with Gasteiger partial charge in [0, 0.05) is 0 Å². The Kier molecular flexibility index (Phi) is 8.46. The largest absolute Gasteiger partial charge is 0.208 e. The fourth-order valence-corrected chi connectivity index (χ4v) is 5.41. The Labute approximate surface area is 224 Å². The molecule has 0 aliphatic rings. The average Bonchev–Trinajstić information content (AvgIpc) is 2.89. The first-order chi connectivity index (χ1) is 17.9. The molecule has 0 radical (unpaired) electrons. The fraction of sp³-hybridized carbons (Fsp3) is 0.167. The SMILES string of the molecule is CB(c1c(C)cccc1-c1ccccc1C)c1c(C)cccc1-c1ccccc1C.Cc1ccccc1. The highest BCUT2D eigenvalue weighted by Gasteiger charge is 2.24. The molecule has 37 heavy (non-hydrogen) atoms. The minimum absolute atomic E-state index is 0.289. The standard InChI is InChI=1S/C29H29B.C7H8/c1-20-12-6-8-16-24(20)26-18-10-14-22(3)28(26)30(5)29-23(4)15-11-19-27(29)25-17-9-7-13-21(25)2;1-7-5-3-2-4-6-7/h6-19H,1-5H3;2-6H,1H3. The molecule has 5 rings (SSSR count). The van der Waals surface area contributed by atoms with Crippen molar-refractivity contribution in [2.45, 2.75) is 41.4 Å². The molecule has 0 bridgehead atoms. The van der Waals surface area contributed by atoms with E-state index in [0.29, 0.717) is 0 Å². The maximum Gasteiger partial charge on any atom is 0.208 e. The highest BCUT2D eigenvalue weighted by molar-refractivity contribution is 6.86. The van der Waals surface area contributed by atoms with Crippen LogP contribution in [0.25, 0.3) is 22.3 Å². The molecule has 0 saturated carbocycles. The number of hydrogen-bond donors (Lipinski definition) is 0. The quantitative estimate of drug-likeness (QED) is 0.226. The van der Waals surface area contributed by atoms with Crippen LogP contribution in [0.4, 0.5) is 0 Å². The van der Waals surface area contributed by atoms with Crippen molar-refractivity contribution in [2.75, 3.05) is 0 Å². The summed E-state index contributed by atoms with van der Waals surface area (Å²) in [4.78, 5) is 0. The van der Waals surface area contributed by atoms with Crippen LogP contribution >= 0.6 is 0 Å². The molecule has 0 amide bonds. The van der Waals surface area contributed by atoms with Crippen LogP contribution < -0.4 is 10.9 Å². The van der Waals surface area contributed by atoms with E-state index < -0.39 is 0 Å². The van der Waals surface area contributed by atoms with E-state index in [4.69, 9.17) is 0 Å². The monoisotopic (exact) mass is 480 g/mol. The van der Waals surface area contributed by atoms with Crippen LogP contribution in [0.2, 0.25) is 6.82 Å². The Bertz CT molecular complexity index is 1390. The van der Waals surface area contributed by atoms with E-state index in [9.17, 15) is 0 Å². The molecule has 0 spiro atoms. The molecule has 5 aromatic rings. The molecular weight excluding hydrogens is 443 g/mol. The van der Waals surface area contributed by atoms with Crippen LogP contribution in [0.1, 0.15) is 27.8 Å². The zero-order valence-electron chi connectivity index (χ0n) is 23.0. The topological polar surface area (TPSA) is 0 Å². The molecule has 0 saturated heterocycles. The Morgan fingerprint density at radius 1 is 0.351 bits per heavy atom. The van der Waals surface area contributed by atoms with Gasteiger partial charge in [-0.15, -0.1) is 0 Å². The first-order valence-corrected chi connectivity index (χ1v) is 13.2. The van der Waals surface area contributed by atoms with Gasteiger partial charge in [0.1, 0.15) is 0 Å². The predicted molar refractivity (Wildman–Crippen MR) is 165 cm³/mol. The number of aryl methyl sites for hydroxylation is 5. The lowest BCUT2D eigenvalue weighted by molar-refractivity contribution is 1.43. The van der Waals surface area contributed by atoms with Crippen molar-refractivity contribution in [3.05, 3.63) is 143 Å². The van der Waals surface area contributed by atoms with Crippen LogP contribution in [-0.2, 0) is 0 Å². The summed E-state index contributed by atoms with van der Waals surface area (Å²) in [6.45, 7) is 13.7. The second-order valence-electron chi connectivity index (χ2n) is 10.1. The molecule has 5 aromatic carbocycles. The van der Waals surface area contributed by atoms with Gasteiger partial charge in [0.05, 0.1) is 0 Å². The van der Waals surface area contributed by atoms with Crippen LogP contribution in [0.15, 0.2) is 115 Å². The van der Waals surface area contributed by atoms with Crippen LogP contribution in [-0.4, -0.2) is 6.71 Å². The van der Waals surface area contributed by atoms with Gasteiger partial charge < -0.3 is 0 Å². The van der Waals surface area contributed by atoms with Crippen molar-refractivity contribution in [1.82, 2.24) is 0 Å². The molecule has 0 fully saturated rings. The van der Waals surface area contributed by atoms with Crippen molar-refractivity contribution in [3.8, 4) is 22.3 Å². The van der Waals surface area contributed by atoms with Gasteiger partial charge in [0.15, 0.2) is 0 Å². The summed E-state index contributed by atoms with van der Waals surface area (Å²) < 4.78 is 0.